The van der Waals surface area contributed by atoms with Crippen molar-refractivity contribution >= 4 is 29.2 Å². The summed E-state index contributed by atoms with van der Waals surface area (Å²) in [6, 6.07) is 15.2. The van der Waals surface area contributed by atoms with Crippen LogP contribution in [0.15, 0.2) is 96.1 Å². The van der Waals surface area contributed by atoms with Crippen molar-refractivity contribution < 1.29 is 9.31 Å². The number of fused-ring (bicyclic) bond motifs is 5. The second-order valence-corrected chi connectivity index (χ2v) is 13.6. The summed E-state index contributed by atoms with van der Waals surface area (Å²) in [5.41, 5.74) is 10.2. The van der Waals surface area contributed by atoms with Crippen LogP contribution in [0.5, 0.6) is 0 Å². The van der Waals surface area contributed by atoms with Crippen molar-refractivity contribution in [1.29, 1.82) is 0 Å². The monoisotopic (exact) mass is 572 g/mol. The summed E-state index contributed by atoms with van der Waals surface area (Å²) in [5, 5.41) is 0. The van der Waals surface area contributed by atoms with E-state index in [1.165, 1.54) is 27.9 Å². The minimum Gasteiger partial charge on any atom is -0.399 e. The van der Waals surface area contributed by atoms with Crippen molar-refractivity contribution in [3.63, 3.8) is 0 Å². The highest BCUT2D eigenvalue weighted by atomic mass is 16.7. The minimum absolute atomic E-state index is 0.400. The molecule has 5 heteroatoms. The molecule has 1 aliphatic carbocycles. The second kappa shape index (κ2) is 11.3. The van der Waals surface area contributed by atoms with E-state index in [4.69, 9.17) is 14.3 Å². The van der Waals surface area contributed by atoms with Crippen molar-refractivity contribution in [3.8, 4) is 5.69 Å². The van der Waals surface area contributed by atoms with Gasteiger partial charge in [-0.15, -0.1) is 6.58 Å². The Balaban J connectivity index is 1.48. The van der Waals surface area contributed by atoms with Crippen LogP contribution < -0.4 is 5.46 Å². The maximum absolute atomic E-state index is 6.52. The van der Waals surface area contributed by atoms with Gasteiger partial charge in [0.1, 0.15) is 5.82 Å². The maximum Gasteiger partial charge on any atom is 0.494 e. The summed E-state index contributed by atoms with van der Waals surface area (Å²) in [7, 11) is -0.423. The molecular formula is C38H45BN2O2. The molecule has 0 radical (unpaired) electrons. The molecule has 4 nitrogen and oxygen atoms in total. The van der Waals surface area contributed by atoms with Crippen LogP contribution in [0.4, 0.5) is 0 Å². The van der Waals surface area contributed by atoms with Crippen LogP contribution in [-0.4, -0.2) is 27.9 Å². The van der Waals surface area contributed by atoms with E-state index in [1.807, 2.05) is 0 Å². The Kier molecular flexibility index (Phi) is 7.77. The van der Waals surface area contributed by atoms with E-state index < -0.39 is 18.3 Å². The van der Waals surface area contributed by atoms with Gasteiger partial charge in [0.15, 0.2) is 0 Å². The molecule has 0 N–H and O–H groups in total. The lowest BCUT2D eigenvalue weighted by Crippen LogP contribution is -2.41. The quantitative estimate of drug-likeness (QED) is 0.210. The first-order valence-electron chi connectivity index (χ1n) is 15.9. The molecule has 6 rings (SSSR count). The van der Waals surface area contributed by atoms with E-state index in [-0.39, 0.29) is 0 Å². The summed E-state index contributed by atoms with van der Waals surface area (Å²) in [6.07, 6.45) is 15.3. The Morgan fingerprint density at radius 3 is 2.60 bits per heavy atom. The van der Waals surface area contributed by atoms with Gasteiger partial charge < -0.3 is 9.31 Å². The highest BCUT2D eigenvalue weighted by Crippen LogP contribution is 2.40. The molecule has 1 saturated heterocycles. The van der Waals surface area contributed by atoms with Gasteiger partial charge in [0.2, 0.25) is 0 Å². The Labute approximate surface area is 258 Å². The molecule has 0 amide bonds. The number of hydrogen-bond acceptors (Lipinski definition) is 3. The number of aromatic nitrogens is 2. The molecular weight excluding hydrogens is 527 g/mol. The first-order valence-corrected chi connectivity index (χ1v) is 15.9. The van der Waals surface area contributed by atoms with Crippen LogP contribution in [0.3, 0.4) is 0 Å². The molecule has 43 heavy (non-hydrogen) atoms. The number of imidazole rings is 1. The highest BCUT2D eigenvalue weighted by molar-refractivity contribution is 6.62. The molecule has 2 aliphatic heterocycles. The third kappa shape index (κ3) is 5.43. The van der Waals surface area contributed by atoms with Gasteiger partial charge in [-0.1, -0.05) is 74.1 Å². The smallest absolute Gasteiger partial charge is 0.399 e. The Morgan fingerprint density at radius 2 is 1.88 bits per heavy atom. The van der Waals surface area contributed by atoms with E-state index in [1.54, 1.807) is 0 Å². The lowest BCUT2D eigenvalue weighted by molar-refractivity contribution is 0.00578. The fourth-order valence-electron chi connectivity index (χ4n) is 6.61. The van der Waals surface area contributed by atoms with Crippen molar-refractivity contribution in [2.24, 2.45) is 11.8 Å². The van der Waals surface area contributed by atoms with Crippen LogP contribution >= 0.6 is 0 Å². The molecule has 3 aliphatic rings. The van der Waals surface area contributed by atoms with E-state index in [0.717, 1.165) is 53.7 Å². The van der Waals surface area contributed by atoms with Gasteiger partial charge in [-0.2, -0.15) is 0 Å². The molecule has 1 aromatic heterocycles. The van der Waals surface area contributed by atoms with Gasteiger partial charge in [-0.3, -0.25) is 4.57 Å². The lowest BCUT2D eigenvalue weighted by Gasteiger charge is -2.32. The standard InChI is InChI=1S/C38H45BN2O2/c1-9-25(3)20-27-14-13-15-29(22-27)26(4)21-31-28(10-2)23-36-40-33-16-11-12-17-35(33)41(36)34-19-18-30(24-32(31)34)39-42-37(5,6)38(7,8)43-39/h9,11-19,21,24-25,27H,1,10,20,22-23H2,2-8H3/b26-21+/t25-,27?/m1/s1. The van der Waals surface area contributed by atoms with Gasteiger partial charge in [-0.05, 0) is 106 Å². The van der Waals surface area contributed by atoms with Gasteiger partial charge in [0.25, 0.3) is 0 Å². The average molecular weight is 573 g/mol. The van der Waals surface area contributed by atoms with Crippen LogP contribution in [-0.2, 0) is 15.7 Å². The normalized spacial score (nSPS) is 21.8. The lowest BCUT2D eigenvalue weighted by atomic mass is 9.77. The van der Waals surface area contributed by atoms with Gasteiger partial charge in [0, 0.05) is 12.0 Å². The molecule has 3 aromatic rings. The Bertz CT molecular complexity index is 1680. The zero-order chi connectivity index (χ0) is 30.5. The summed E-state index contributed by atoms with van der Waals surface area (Å²) < 4.78 is 15.4. The van der Waals surface area contributed by atoms with Crippen molar-refractivity contribution in [2.45, 2.75) is 85.4 Å². The SMILES string of the molecule is C=C[C@@H](C)CC1C=CC=C(/C(C)=C/C2=C(CC)Cc3nc4ccccc4n3-c3ccc(B4OC(C)(C)C(C)(C)O4)cc32)C1. The fraction of sp³-hybridized carbons (Fsp3) is 0.395. The number of nitrogens with zero attached hydrogens (tertiary/aromatic N) is 2. The molecule has 3 heterocycles. The van der Waals surface area contributed by atoms with Crippen molar-refractivity contribution in [1.82, 2.24) is 9.55 Å². The topological polar surface area (TPSA) is 36.3 Å². The first kappa shape index (κ1) is 29.7. The second-order valence-electron chi connectivity index (χ2n) is 13.6. The van der Waals surface area contributed by atoms with Crippen LogP contribution in [0.2, 0.25) is 0 Å². The van der Waals surface area contributed by atoms with Crippen molar-refractivity contribution in [3.05, 3.63) is 108 Å². The molecule has 1 unspecified atom stereocenters. The molecule has 1 fully saturated rings. The first-order chi connectivity index (χ1) is 20.5. The Morgan fingerprint density at radius 1 is 1.14 bits per heavy atom. The van der Waals surface area contributed by atoms with E-state index in [9.17, 15) is 0 Å². The average Bonchev–Trinajstić information content (AvgIpc) is 3.41. The number of rotatable bonds is 7. The van der Waals surface area contributed by atoms with E-state index in [0.29, 0.717) is 11.8 Å². The van der Waals surface area contributed by atoms with Gasteiger partial charge in [0.05, 0.1) is 27.9 Å². The maximum atomic E-state index is 6.52. The van der Waals surface area contributed by atoms with Gasteiger partial charge in [-0.25, -0.2) is 4.98 Å². The minimum atomic E-state index is -0.423. The number of benzene rings is 2. The summed E-state index contributed by atoms with van der Waals surface area (Å²) >= 11 is 0. The van der Waals surface area contributed by atoms with Crippen LogP contribution in [0.1, 0.15) is 79.1 Å². The number of hydrogen-bond donors (Lipinski definition) is 0. The summed E-state index contributed by atoms with van der Waals surface area (Å²) in [4.78, 5) is 5.13. The molecule has 0 spiro atoms. The molecule has 0 saturated carbocycles. The van der Waals surface area contributed by atoms with Crippen LogP contribution in [0, 0.1) is 11.8 Å². The molecule has 222 valence electrons. The van der Waals surface area contributed by atoms with E-state index in [2.05, 4.69) is 132 Å². The van der Waals surface area contributed by atoms with Gasteiger partial charge >= 0.3 is 7.12 Å². The molecule has 2 atom stereocenters. The van der Waals surface area contributed by atoms with Crippen LogP contribution in [0.25, 0.3) is 22.3 Å². The zero-order valence-corrected chi connectivity index (χ0v) is 26.9. The van der Waals surface area contributed by atoms with E-state index >= 15 is 0 Å². The third-order valence-corrected chi connectivity index (χ3v) is 9.99. The number of allylic oxidation sites excluding steroid dienone is 9. The summed E-state index contributed by atoms with van der Waals surface area (Å²) in [6.45, 7) is 19.3. The Hall–Kier alpha value is -3.41. The molecule has 0 bridgehead atoms. The predicted molar refractivity (Wildman–Crippen MR) is 181 cm³/mol. The fourth-order valence-corrected chi connectivity index (χ4v) is 6.61. The highest BCUT2D eigenvalue weighted by Gasteiger charge is 2.51. The number of para-hydroxylation sites is 2. The predicted octanol–water partition coefficient (Wildman–Crippen LogP) is 8.71. The molecule has 2 aromatic carbocycles. The van der Waals surface area contributed by atoms with Crippen molar-refractivity contribution in [2.75, 3.05) is 0 Å². The third-order valence-electron chi connectivity index (χ3n) is 9.99. The zero-order valence-electron chi connectivity index (χ0n) is 26.9. The summed E-state index contributed by atoms with van der Waals surface area (Å²) in [5.74, 6) is 2.12. The largest absolute Gasteiger partial charge is 0.494 e.